The average Bonchev–Trinajstić information content (AvgIpc) is 2.78. The van der Waals surface area contributed by atoms with Crippen LogP contribution in [0.1, 0.15) is 29.7 Å². The highest BCUT2D eigenvalue weighted by Gasteiger charge is 2.13. The fourth-order valence-electron chi connectivity index (χ4n) is 2.12. The molecule has 0 saturated carbocycles. The molecule has 1 N–H and O–H groups in total. The minimum absolute atomic E-state index is 0.402. The molecule has 2 rings (SSSR count). The molecule has 2 aromatic rings. The Morgan fingerprint density at radius 3 is 2.72 bits per heavy atom. The topological polar surface area (TPSA) is 12.0 Å². The van der Waals surface area contributed by atoms with Gasteiger partial charge in [-0.1, -0.05) is 31.2 Å². The van der Waals surface area contributed by atoms with E-state index in [2.05, 4.69) is 70.8 Å². The molecular formula is C15H18BrNS. The van der Waals surface area contributed by atoms with Crippen LogP contribution < -0.4 is 5.32 Å². The van der Waals surface area contributed by atoms with Crippen molar-refractivity contribution in [3.8, 4) is 0 Å². The van der Waals surface area contributed by atoms with Gasteiger partial charge in [-0.15, -0.1) is 11.3 Å². The van der Waals surface area contributed by atoms with Gasteiger partial charge in [-0.25, -0.2) is 0 Å². The van der Waals surface area contributed by atoms with Crippen molar-refractivity contribution in [3.05, 3.63) is 56.2 Å². The van der Waals surface area contributed by atoms with Gasteiger partial charge in [0.25, 0.3) is 0 Å². The predicted octanol–water partition coefficient (Wildman–Crippen LogP) is 4.71. The van der Waals surface area contributed by atoms with Gasteiger partial charge in [0.15, 0.2) is 0 Å². The molecule has 3 heteroatoms. The Hall–Kier alpha value is -0.640. The SMILES string of the molecule is CCNC(Cc1ccccc1C)c1csc(Br)c1. The molecule has 0 bridgehead atoms. The highest BCUT2D eigenvalue weighted by molar-refractivity contribution is 9.11. The number of benzene rings is 1. The second kappa shape index (κ2) is 6.50. The summed E-state index contributed by atoms with van der Waals surface area (Å²) in [5, 5.41) is 5.81. The summed E-state index contributed by atoms with van der Waals surface area (Å²) in [5.41, 5.74) is 4.16. The van der Waals surface area contributed by atoms with E-state index in [-0.39, 0.29) is 0 Å². The van der Waals surface area contributed by atoms with Gasteiger partial charge in [-0.2, -0.15) is 0 Å². The summed E-state index contributed by atoms with van der Waals surface area (Å²) in [7, 11) is 0. The monoisotopic (exact) mass is 323 g/mol. The third-order valence-corrected chi connectivity index (χ3v) is 4.65. The van der Waals surface area contributed by atoms with Crippen LogP contribution in [-0.4, -0.2) is 6.54 Å². The molecule has 0 spiro atoms. The molecule has 1 nitrogen and oxygen atoms in total. The Bertz CT molecular complexity index is 507. The molecule has 0 fully saturated rings. The van der Waals surface area contributed by atoms with E-state index in [1.807, 2.05) is 0 Å². The second-order valence-electron chi connectivity index (χ2n) is 4.43. The van der Waals surface area contributed by atoms with Crippen LogP contribution in [0.2, 0.25) is 0 Å². The van der Waals surface area contributed by atoms with Gasteiger partial charge < -0.3 is 5.32 Å². The lowest BCUT2D eigenvalue weighted by Crippen LogP contribution is -2.22. The Kier molecular flexibility index (Phi) is 4.98. The van der Waals surface area contributed by atoms with Gasteiger partial charge in [0.1, 0.15) is 0 Å². The summed E-state index contributed by atoms with van der Waals surface area (Å²) in [6, 6.07) is 11.2. The third-order valence-electron chi connectivity index (χ3n) is 3.13. The summed E-state index contributed by atoms with van der Waals surface area (Å²) in [6.45, 7) is 5.33. The average molecular weight is 324 g/mol. The molecule has 1 unspecified atom stereocenters. The Morgan fingerprint density at radius 2 is 2.11 bits per heavy atom. The van der Waals surface area contributed by atoms with E-state index in [1.54, 1.807) is 11.3 Å². The van der Waals surface area contributed by atoms with Gasteiger partial charge in [0, 0.05) is 6.04 Å². The van der Waals surface area contributed by atoms with E-state index in [0.29, 0.717) is 6.04 Å². The van der Waals surface area contributed by atoms with Crippen molar-refractivity contribution in [2.45, 2.75) is 26.3 Å². The van der Waals surface area contributed by atoms with Crippen LogP contribution in [0, 0.1) is 6.92 Å². The van der Waals surface area contributed by atoms with Gasteiger partial charge in [0.05, 0.1) is 3.79 Å². The third kappa shape index (κ3) is 3.44. The van der Waals surface area contributed by atoms with Crippen molar-refractivity contribution >= 4 is 27.3 Å². The fraction of sp³-hybridized carbons (Fsp3) is 0.333. The molecule has 0 saturated heterocycles. The van der Waals surface area contributed by atoms with Crippen LogP contribution in [0.15, 0.2) is 39.5 Å². The number of halogens is 1. The zero-order valence-electron chi connectivity index (χ0n) is 10.7. The first-order valence-corrected chi connectivity index (χ1v) is 7.89. The van der Waals surface area contributed by atoms with Crippen LogP contribution in [0.3, 0.4) is 0 Å². The summed E-state index contributed by atoms with van der Waals surface area (Å²) in [5.74, 6) is 0. The second-order valence-corrected chi connectivity index (χ2v) is 6.72. The summed E-state index contributed by atoms with van der Waals surface area (Å²) in [4.78, 5) is 0. The van der Waals surface area contributed by atoms with Crippen molar-refractivity contribution in [2.75, 3.05) is 6.54 Å². The Labute approximate surface area is 121 Å². The number of aryl methyl sites for hydroxylation is 1. The molecule has 1 heterocycles. The highest BCUT2D eigenvalue weighted by atomic mass is 79.9. The van der Waals surface area contributed by atoms with E-state index in [0.717, 1.165) is 13.0 Å². The molecule has 0 aliphatic heterocycles. The van der Waals surface area contributed by atoms with E-state index in [9.17, 15) is 0 Å². The van der Waals surface area contributed by atoms with E-state index < -0.39 is 0 Å². The zero-order valence-corrected chi connectivity index (χ0v) is 13.1. The van der Waals surface area contributed by atoms with E-state index >= 15 is 0 Å². The quantitative estimate of drug-likeness (QED) is 0.840. The first-order chi connectivity index (χ1) is 8.70. The molecule has 1 atom stereocenters. The maximum absolute atomic E-state index is 3.57. The first kappa shape index (κ1) is 13.8. The van der Waals surface area contributed by atoms with Crippen LogP contribution >= 0.6 is 27.3 Å². The lowest BCUT2D eigenvalue weighted by atomic mass is 9.98. The van der Waals surface area contributed by atoms with E-state index in [4.69, 9.17) is 0 Å². The maximum Gasteiger partial charge on any atom is 0.0701 e. The molecule has 0 radical (unpaired) electrons. The van der Waals surface area contributed by atoms with Crippen LogP contribution in [0.5, 0.6) is 0 Å². The van der Waals surface area contributed by atoms with Gasteiger partial charge >= 0.3 is 0 Å². The number of likely N-dealkylation sites (N-methyl/N-ethyl adjacent to an activating group) is 1. The molecule has 0 aliphatic rings. The summed E-state index contributed by atoms with van der Waals surface area (Å²) >= 11 is 5.29. The molecule has 96 valence electrons. The van der Waals surface area contributed by atoms with E-state index in [1.165, 1.54) is 20.5 Å². The molecule has 18 heavy (non-hydrogen) atoms. The highest BCUT2D eigenvalue weighted by Crippen LogP contribution is 2.28. The zero-order chi connectivity index (χ0) is 13.0. The number of rotatable bonds is 5. The van der Waals surface area contributed by atoms with Crippen LogP contribution in [0.25, 0.3) is 0 Å². The smallest absolute Gasteiger partial charge is 0.0701 e. The van der Waals surface area contributed by atoms with Crippen molar-refractivity contribution in [3.63, 3.8) is 0 Å². The Morgan fingerprint density at radius 1 is 1.33 bits per heavy atom. The van der Waals surface area contributed by atoms with Gasteiger partial charge in [-0.3, -0.25) is 0 Å². The number of hydrogen-bond donors (Lipinski definition) is 1. The van der Waals surface area contributed by atoms with Crippen molar-refractivity contribution in [2.24, 2.45) is 0 Å². The van der Waals surface area contributed by atoms with Crippen LogP contribution in [0.4, 0.5) is 0 Å². The maximum atomic E-state index is 3.57. The van der Waals surface area contributed by atoms with Gasteiger partial charge in [0.2, 0.25) is 0 Å². The largest absolute Gasteiger partial charge is 0.310 e. The lowest BCUT2D eigenvalue weighted by molar-refractivity contribution is 0.550. The number of hydrogen-bond acceptors (Lipinski definition) is 2. The fourth-order valence-corrected chi connectivity index (χ4v) is 3.35. The normalized spacial score (nSPS) is 12.6. The molecule has 1 aromatic heterocycles. The first-order valence-electron chi connectivity index (χ1n) is 6.22. The molecule has 0 aliphatic carbocycles. The van der Waals surface area contributed by atoms with Crippen LogP contribution in [-0.2, 0) is 6.42 Å². The number of nitrogens with one attached hydrogen (secondary N) is 1. The standard InChI is InChI=1S/C15H18BrNS/c1-3-17-14(13-9-15(16)18-10-13)8-12-7-5-4-6-11(12)2/h4-7,9-10,14,17H,3,8H2,1-2H3. The lowest BCUT2D eigenvalue weighted by Gasteiger charge is -2.18. The van der Waals surface area contributed by atoms with Crippen molar-refractivity contribution in [1.29, 1.82) is 0 Å². The van der Waals surface area contributed by atoms with Crippen molar-refractivity contribution < 1.29 is 0 Å². The molecule has 1 aromatic carbocycles. The minimum Gasteiger partial charge on any atom is -0.310 e. The predicted molar refractivity (Wildman–Crippen MR) is 83.3 cm³/mol. The Balaban J connectivity index is 2.19. The van der Waals surface area contributed by atoms with Crippen molar-refractivity contribution in [1.82, 2.24) is 5.32 Å². The van der Waals surface area contributed by atoms with Gasteiger partial charge in [-0.05, 0) is 64.0 Å². The minimum atomic E-state index is 0.402. The number of thiophene rings is 1. The molecular weight excluding hydrogens is 306 g/mol. The summed E-state index contributed by atoms with van der Waals surface area (Å²) < 4.78 is 1.20. The summed E-state index contributed by atoms with van der Waals surface area (Å²) in [6.07, 6.45) is 1.05. The molecule has 0 amide bonds.